The van der Waals surface area contributed by atoms with E-state index in [1.54, 1.807) is 25.1 Å². The summed E-state index contributed by atoms with van der Waals surface area (Å²) in [4.78, 5) is 17.3. The molecule has 0 saturated carbocycles. The molecule has 10 heteroatoms. The second kappa shape index (κ2) is 15.4. The van der Waals surface area contributed by atoms with E-state index in [9.17, 15) is 4.79 Å². The fraction of sp³-hybridized carbons (Fsp3) is 0.714. The molecule has 0 spiro atoms. The van der Waals surface area contributed by atoms with Crippen LogP contribution in [0.5, 0.6) is 0 Å². The van der Waals surface area contributed by atoms with Crippen molar-refractivity contribution in [3.05, 3.63) is 28.2 Å². The Bertz CT molecular complexity index is 929. The van der Waals surface area contributed by atoms with Gasteiger partial charge in [0.2, 0.25) is 0 Å². The van der Waals surface area contributed by atoms with Crippen LogP contribution in [-0.4, -0.2) is 48.8 Å². The second-order valence-corrected chi connectivity index (χ2v) is 11.2. The molecular formula is C28H42Cl2N2O6. The third kappa shape index (κ3) is 9.35. The van der Waals surface area contributed by atoms with E-state index in [4.69, 9.17) is 47.0 Å². The lowest BCUT2D eigenvalue weighted by atomic mass is 10.1. The fourth-order valence-electron chi connectivity index (χ4n) is 4.72. The summed E-state index contributed by atoms with van der Waals surface area (Å²) in [5.41, 5.74) is 0.752. The molecule has 2 aliphatic heterocycles. The van der Waals surface area contributed by atoms with Gasteiger partial charge in [-0.25, -0.2) is 4.79 Å². The van der Waals surface area contributed by atoms with Gasteiger partial charge in [-0.15, -0.1) is 0 Å². The van der Waals surface area contributed by atoms with Gasteiger partial charge in [0.1, 0.15) is 18.3 Å². The zero-order valence-corrected chi connectivity index (χ0v) is 24.5. The lowest BCUT2D eigenvalue weighted by molar-refractivity contribution is -0.226. The van der Waals surface area contributed by atoms with Crippen LogP contribution in [0.15, 0.2) is 23.4 Å². The number of halogens is 2. The summed E-state index contributed by atoms with van der Waals surface area (Å²) < 4.78 is 24.3. The van der Waals surface area contributed by atoms with Crippen LogP contribution in [0.3, 0.4) is 0 Å². The minimum absolute atomic E-state index is 0.218. The highest BCUT2D eigenvalue weighted by Crippen LogP contribution is 2.39. The van der Waals surface area contributed by atoms with Gasteiger partial charge >= 0.3 is 6.09 Å². The second-order valence-electron chi connectivity index (χ2n) is 10.4. The van der Waals surface area contributed by atoms with E-state index >= 15 is 0 Å². The average Bonchev–Trinajstić information content (AvgIpc) is 3.36. The number of amides is 1. The number of unbranched alkanes of at least 4 members (excludes halogenated alkanes) is 9. The average molecular weight is 574 g/mol. The van der Waals surface area contributed by atoms with Crippen molar-refractivity contribution in [1.82, 2.24) is 0 Å². The van der Waals surface area contributed by atoms with Gasteiger partial charge in [-0.05, 0) is 39.3 Å². The van der Waals surface area contributed by atoms with Crippen molar-refractivity contribution in [3.63, 3.8) is 0 Å². The van der Waals surface area contributed by atoms with Crippen molar-refractivity contribution in [3.8, 4) is 0 Å². The molecule has 214 valence electrons. The maximum absolute atomic E-state index is 12.3. The third-order valence-electron chi connectivity index (χ3n) is 6.66. The fourth-order valence-corrected chi connectivity index (χ4v) is 5.07. The Kier molecular flexibility index (Phi) is 12.6. The summed E-state index contributed by atoms with van der Waals surface area (Å²) in [6, 6.07) is 4.90. The maximum Gasteiger partial charge on any atom is 0.437 e. The molecule has 1 aromatic carbocycles. The Morgan fingerprint density at radius 2 is 1.63 bits per heavy atom. The first-order valence-corrected chi connectivity index (χ1v) is 14.6. The van der Waals surface area contributed by atoms with Crippen LogP contribution in [0.1, 0.15) is 91.9 Å². The Balaban J connectivity index is 1.43. The zero-order valence-electron chi connectivity index (χ0n) is 23.0. The molecule has 0 radical (unpaired) electrons. The topological polar surface area (TPSA) is 87.6 Å². The Morgan fingerprint density at radius 3 is 2.32 bits per heavy atom. The molecule has 1 amide bonds. The lowest BCUT2D eigenvalue weighted by Crippen LogP contribution is -2.34. The van der Waals surface area contributed by atoms with Crippen molar-refractivity contribution in [2.75, 3.05) is 11.9 Å². The number of nitrogens with one attached hydrogen (secondary N) is 1. The van der Waals surface area contributed by atoms with Crippen LogP contribution < -0.4 is 5.32 Å². The number of nitrogens with zero attached hydrogens (tertiary/aromatic N) is 1. The summed E-state index contributed by atoms with van der Waals surface area (Å²) in [5.74, 6) is -0.780. The molecule has 2 saturated heterocycles. The monoisotopic (exact) mass is 572 g/mol. The zero-order chi connectivity index (χ0) is 27.5. The van der Waals surface area contributed by atoms with Crippen molar-refractivity contribution in [2.24, 2.45) is 5.16 Å². The van der Waals surface area contributed by atoms with Gasteiger partial charge in [0.15, 0.2) is 12.1 Å². The number of anilines is 1. The lowest BCUT2D eigenvalue weighted by Gasteiger charge is -2.24. The normalized spacial score (nSPS) is 24.4. The summed E-state index contributed by atoms with van der Waals surface area (Å²) in [6.07, 6.45) is 9.78. The van der Waals surface area contributed by atoms with Crippen molar-refractivity contribution >= 4 is 40.7 Å². The number of rotatable bonds is 15. The predicted molar refractivity (Wildman–Crippen MR) is 150 cm³/mol. The minimum atomic E-state index is -0.805. The number of hydrogen-bond acceptors (Lipinski definition) is 7. The number of fused-ring (bicyclic) bond motifs is 1. The number of oxime groups is 1. The summed E-state index contributed by atoms with van der Waals surface area (Å²) in [6.45, 7) is 8.24. The summed E-state index contributed by atoms with van der Waals surface area (Å²) >= 11 is 12.1. The maximum atomic E-state index is 12.3. The molecule has 1 N–H and O–H groups in total. The molecule has 8 nitrogen and oxygen atoms in total. The van der Waals surface area contributed by atoms with Crippen LogP contribution in [0.25, 0.3) is 0 Å². The molecule has 4 atom stereocenters. The van der Waals surface area contributed by atoms with Gasteiger partial charge in [0, 0.05) is 6.61 Å². The molecule has 2 fully saturated rings. The van der Waals surface area contributed by atoms with E-state index in [1.807, 2.05) is 13.8 Å². The standard InChI is InChI=1S/C28H42Cl2N2O6/c1-5-6-7-8-9-10-11-12-13-14-18-34-26-25-24(36-28(3,4)37-25)23(35-26)19(2)32-38-27(33)31-21-17-15-16-20(29)22(21)30/h15-17,23-26H,5-14,18H2,1-4H3,(H,31,33)/b32-19+/t23-,24+,25+,26+/m1/s1. The highest BCUT2D eigenvalue weighted by molar-refractivity contribution is 6.43. The molecule has 2 heterocycles. The SMILES string of the molecule is CCCCCCCCCCCCO[C@H]1O[C@H](/C(C)=N/OC(=O)Nc2cccc(Cl)c2Cl)[C@@H]2OC(C)(C)O[C@H]12. The largest absolute Gasteiger partial charge is 0.437 e. The van der Waals surface area contributed by atoms with Crippen molar-refractivity contribution in [2.45, 2.75) is 122 Å². The van der Waals surface area contributed by atoms with E-state index in [2.05, 4.69) is 17.4 Å². The first-order valence-electron chi connectivity index (χ1n) is 13.8. The van der Waals surface area contributed by atoms with Gasteiger partial charge < -0.3 is 18.9 Å². The van der Waals surface area contributed by atoms with E-state index in [1.165, 1.54) is 51.4 Å². The van der Waals surface area contributed by atoms with Gasteiger partial charge in [0.25, 0.3) is 0 Å². The Hall–Kier alpha value is -1.42. The number of carbonyl (C=O) groups is 1. The quantitative estimate of drug-likeness (QED) is 0.0987. The van der Waals surface area contributed by atoms with Crippen molar-refractivity contribution in [1.29, 1.82) is 0 Å². The Labute approximate surface area is 236 Å². The third-order valence-corrected chi connectivity index (χ3v) is 7.48. The smallest absolute Gasteiger partial charge is 0.350 e. The minimum Gasteiger partial charge on any atom is -0.350 e. The molecule has 3 rings (SSSR count). The van der Waals surface area contributed by atoms with E-state index in [0.29, 0.717) is 23.0 Å². The number of carbonyl (C=O) groups excluding carboxylic acids is 1. The number of hydrogen-bond donors (Lipinski definition) is 1. The Morgan fingerprint density at radius 1 is 1.00 bits per heavy atom. The highest BCUT2D eigenvalue weighted by Gasteiger charge is 2.56. The van der Waals surface area contributed by atoms with Gasteiger partial charge in [-0.1, -0.05) is 99.1 Å². The molecule has 0 unspecified atom stereocenters. The van der Waals surface area contributed by atoms with Crippen LogP contribution in [0, 0.1) is 0 Å². The molecule has 2 aliphatic rings. The van der Waals surface area contributed by atoms with E-state index < -0.39 is 36.5 Å². The number of ether oxygens (including phenoxy) is 4. The van der Waals surface area contributed by atoms with Crippen LogP contribution in [0.4, 0.5) is 10.5 Å². The molecule has 38 heavy (non-hydrogen) atoms. The van der Waals surface area contributed by atoms with E-state index in [0.717, 1.165) is 12.8 Å². The number of benzene rings is 1. The van der Waals surface area contributed by atoms with Crippen LogP contribution in [0.2, 0.25) is 10.0 Å². The van der Waals surface area contributed by atoms with Crippen LogP contribution >= 0.6 is 23.2 Å². The summed E-state index contributed by atoms with van der Waals surface area (Å²) in [7, 11) is 0. The van der Waals surface area contributed by atoms with Gasteiger partial charge in [-0.2, -0.15) is 0 Å². The molecule has 0 aliphatic carbocycles. The first kappa shape index (κ1) is 31.1. The molecule has 1 aromatic rings. The molecule has 0 bridgehead atoms. The van der Waals surface area contributed by atoms with E-state index in [-0.39, 0.29) is 5.02 Å². The van der Waals surface area contributed by atoms with Gasteiger partial charge in [-0.3, -0.25) is 10.2 Å². The van der Waals surface area contributed by atoms with Gasteiger partial charge in [0.05, 0.1) is 21.4 Å². The first-order chi connectivity index (χ1) is 18.2. The summed E-state index contributed by atoms with van der Waals surface area (Å²) in [5, 5.41) is 7.03. The van der Waals surface area contributed by atoms with Crippen molar-refractivity contribution < 1.29 is 28.6 Å². The predicted octanol–water partition coefficient (Wildman–Crippen LogP) is 8.10. The molecule has 0 aromatic heterocycles. The molecular weight excluding hydrogens is 531 g/mol. The van der Waals surface area contributed by atoms with Crippen LogP contribution in [-0.2, 0) is 23.8 Å². The highest BCUT2D eigenvalue weighted by atomic mass is 35.5.